The molecular weight excluding hydrogens is 735 g/mol. The van der Waals surface area contributed by atoms with E-state index in [1.165, 1.54) is 30.1 Å². The number of aliphatic imine (C=N–C) groups is 1. The maximum absolute atomic E-state index is 13.5. The first-order valence-corrected chi connectivity index (χ1v) is 20.2. The van der Waals surface area contributed by atoms with Gasteiger partial charge in [0.2, 0.25) is 11.9 Å². The topological polar surface area (TPSA) is 145 Å². The Balaban J connectivity index is 0.985. The SMILES string of the molecule is CNC(=O)C(CCC=O)N(C)C(=O)c1cc(NC2CC(Oc3ccc(C(C)(C)c4ccc(OCC5C=CN=C(N6CCNC(C)C6)N5C)cc4)cc3)C2)ccc1C=O. The van der Waals surface area contributed by atoms with Crippen LogP contribution in [0.15, 0.2) is 84.0 Å². The van der Waals surface area contributed by atoms with Crippen molar-refractivity contribution in [2.24, 2.45) is 4.99 Å². The monoisotopic (exact) mass is 791 g/mol. The molecule has 2 fully saturated rings. The number of benzene rings is 3. The average molecular weight is 792 g/mol. The van der Waals surface area contributed by atoms with Gasteiger partial charge < -0.3 is 44.9 Å². The standard InChI is InChI=1S/C45H57N7O6/c1-30-27-52(22-21-47-30)44-48-20-19-36(50(44)5)29-57-37-15-10-32(11-16-37)45(2,3)33-12-17-38(18-13-33)58-39-24-35(25-39)49-34-14-9-31(28-54)40(26-34)43(56)51(6)41(8-7-23-53)42(55)46-4/h9-20,23,26,28,30,35-36,39,41,47,49H,7-8,21-22,24-25,27,29H2,1-6H3,(H,46,55). The predicted molar refractivity (Wildman–Crippen MR) is 226 cm³/mol. The van der Waals surface area contributed by atoms with E-state index in [1.807, 2.05) is 30.5 Å². The van der Waals surface area contributed by atoms with Crippen molar-refractivity contribution in [3.05, 3.63) is 101 Å². The van der Waals surface area contributed by atoms with Crippen LogP contribution < -0.4 is 25.4 Å². The summed E-state index contributed by atoms with van der Waals surface area (Å²) in [6.45, 7) is 9.97. The third-order valence-electron chi connectivity index (χ3n) is 11.6. The summed E-state index contributed by atoms with van der Waals surface area (Å²) in [6.07, 6.45) is 7.20. The average Bonchev–Trinajstić information content (AvgIpc) is 3.22. The number of carbonyl (C=O) groups excluding carboxylic acids is 4. The van der Waals surface area contributed by atoms with E-state index in [4.69, 9.17) is 9.47 Å². The molecule has 1 aliphatic carbocycles. The van der Waals surface area contributed by atoms with Gasteiger partial charge in [0.05, 0.1) is 11.6 Å². The Kier molecular flexibility index (Phi) is 13.5. The summed E-state index contributed by atoms with van der Waals surface area (Å²) in [4.78, 5) is 59.3. The van der Waals surface area contributed by atoms with E-state index < -0.39 is 11.9 Å². The summed E-state index contributed by atoms with van der Waals surface area (Å²) < 4.78 is 12.6. The Morgan fingerprint density at radius 2 is 1.72 bits per heavy atom. The first kappa shape index (κ1) is 41.9. The van der Waals surface area contributed by atoms with Crippen LogP contribution in [-0.4, -0.2) is 123 Å². The number of nitrogens with one attached hydrogen (secondary N) is 3. The summed E-state index contributed by atoms with van der Waals surface area (Å²) >= 11 is 0. The summed E-state index contributed by atoms with van der Waals surface area (Å²) in [7, 11) is 5.07. The van der Waals surface area contributed by atoms with Crippen molar-refractivity contribution < 1.29 is 28.7 Å². The van der Waals surface area contributed by atoms with Crippen molar-refractivity contribution in [3.8, 4) is 11.5 Å². The molecule has 0 radical (unpaired) electrons. The maximum Gasteiger partial charge on any atom is 0.255 e. The molecule has 1 saturated carbocycles. The zero-order valence-corrected chi connectivity index (χ0v) is 34.4. The maximum atomic E-state index is 13.5. The molecule has 2 amide bonds. The molecule has 58 heavy (non-hydrogen) atoms. The number of hydrogen-bond donors (Lipinski definition) is 3. The predicted octanol–water partition coefficient (Wildman–Crippen LogP) is 4.87. The number of hydrogen-bond acceptors (Lipinski definition) is 11. The molecule has 2 heterocycles. The second-order valence-corrected chi connectivity index (χ2v) is 16.0. The van der Waals surface area contributed by atoms with Crippen molar-refractivity contribution in [3.63, 3.8) is 0 Å². The first-order valence-electron chi connectivity index (χ1n) is 20.2. The second kappa shape index (κ2) is 18.7. The molecule has 3 aromatic rings. The van der Waals surface area contributed by atoms with Crippen molar-refractivity contribution >= 4 is 36.0 Å². The zero-order valence-electron chi connectivity index (χ0n) is 34.4. The lowest BCUT2D eigenvalue weighted by Crippen LogP contribution is -2.57. The van der Waals surface area contributed by atoms with Crippen LogP contribution in [0.5, 0.6) is 11.5 Å². The number of guanidine groups is 1. The highest BCUT2D eigenvalue weighted by Gasteiger charge is 2.33. The number of carbonyl (C=O) groups is 4. The van der Waals surface area contributed by atoms with E-state index in [-0.39, 0.29) is 53.5 Å². The molecule has 3 aromatic carbocycles. The minimum absolute atomic E-state index is 0.0325. The normalized spacial score (nSPS) is 20.9. The van der Waals surface area contributed by atoms with Crippen molar-refractivity contribution in [1.82, 2.24) is 25.3 Å². The molecule has 308 valence electrons. The van der Waals surface area contributed by atoms with E-state index in [0.717, 1.165) is 49.9 Å². The fourth-order valence-electron chi connectivity index (χ4n) is 7.80. The summed E-state index contributed by atoms with van der Waals surface area (Å²) in [5.74, 6) is 1.78. The first-order chi connectivity index (χ1) is 27.9. The van der Waals surface area contributed by atoms with Crippen LogP contribution in [0.1, 0.15) is 78.3 Å². The lowest BCUT2D eigenvalue weighted by atomic mass is 9.78. The highest BCUT2D eigenvalue weighted by molar-refractivity contribution is 6.04. The molecule has 6 rings (SSSR count). The van der Waals surface area contributed by atoms with Crippen LogP contribution in [-0.2, 0) is 15.0 Å². The number of amides is 2. The van der Waals surface area contributed by atoms with Gasteiger partial charge in [0.15, 0.2) is 6.29 Å². The summed E-state index contributed by atoms with van der Waals surface area (Å²) in [6, 6.07) is 21.5. The van der Waals surface area contributed by atoms with Crippen molar-refractivity contribution in [2.75, 3.05) is 52.7 Å². The van der Waals surface area contributed by atoms with Gasteiger partial charge in [-0.1, -0.05) is 38.1 Å². The van der Waals surface area contributed by atoms with E-state index >= 15 is 0 Å². The Morgan fingerprint density at radius 3 is 2.36 bits per heavy atom. The van der Waals surface area contributed by atoms with E-state index in [1.54, 1.807) is 18.2 Å². The highest BCUT2D eigenvalue weighted by Crippen LogP contribution is 2.35. The van der Waals surface area contributed by atoms with Crippen LogP contribution in [0.4, 0.5) is 5.69 Å². The molecule has 0 spiro atoms. The van der Waals surface area contributed by atoms with Gasteiger partial charge in [-0.2, -0.15) is 0 Å². The number of anilines is 1. The van der Waals surface area contributed by atoms with Gasteiger partial charge in [-0.05, 0) is 73.0 Å². The summed E-state index contributed by atoms with van der Waals surface area (Å²) in [5.41, 5.74) is 3.22. The van der Waals surface area contributed by atoms with Crippen LogP contribution >= 0.6 is 0 Å². The number of nitrogens with zero attached hydrogens (tertiary/aromatic N) is 4. The highest BCUT2D eigenvalue weighted by atomic mass is 16.5. The van der Waals surface area contributed by atoms with Gasteiger partial charge >= 0.3 is 0 Å². The van der Waals surface area contributed by atoms with Gasteiger partial charge in [-0.3, -0.25) is 14.4 Å². The van der Waals surface area contributed by atoms with Crippen LogP contribution in [0.25, 0.3) is 0 Å². The van der Waals surface area contributed by atoms with Crippen molar-refractivity contribution in [1.29, 1.82) is 0 Å². The largest absolute Gasteiger partial charge is 0.491 e. The fraction of sp³-hybridized carbons (Fsp3) is 0.444. The fourth-order valence-corrected chi connectivity index (χ4v) is 7.80. The molecule has 1 saturated heterocycles. The third kappa shape index (κ3) is 9.70. The molecule has 0 aromatic heterocycles. The Labute approximate surface area is 341 Å². The molecule has 13 heteroatoms. The summed E-state index contributed by atoms with van der Waals surface area (Å²) in [5, 5.41) is 9.50. The smallest absolute Gasteiger partial charge is 0.255 e. The lowest BCUT2D eigenvalue weighted by molar-refractivity contribution is -0.125. The molecule has 3 N–H and O–H groups in total. The lowest BCUT2D eigenvalue weighted by Gasteiger charge is -2.40. The third-order valence-corrected chi connectivity index (χ3v) is 11.6. The van der Waals surface area contributed by atoms with Gasteiger partial charge in [0.25, 0.3) is 5.91 Å². The number of rotatable bonds is 16. The Morgan fingerprint density at radius 1 is 1.03 bits per heavy atom. The minimum Gasteiger partial charge on any atom is -0.491 e. The van der Waals surface area contributed by atoms with Gasteiger partial charge in [-0.25, -0.2) is 4.99 Å². The second-order valence-electron chi connectivity index (χ2n) is 16.0. The molecular formula is C45H57N7O6. The van der Waals surface area contributed by atoms with Crippen LogP contribution in [0, 0.1) is 0 Å². The Bertz CT molecular complexity index is 1980. The molecule has 13 nitrogen and oxygen atoms in total. The van der Waals surface area contributed by atoms with Gasteiger partial charge in [0, 0.05) is 95.0 Å². The molecule has 2 aliphatic heterocycles. The molecule has 0 bridgehead atoms. The van der Waals surface area contributed by atoms with E-state index in [2.05, 4.69) is 88.9 Å². The Hall–Kier alpha value is -5.69. The minimum atomic E-state index is -0.843. The molecule has 3 unspecified atom stereocenters. The van der Waals surface area contributed by atoms with Crippen molar-refractivity contribution in [2.45, 2.75) is 82.1 Å². The van der Waals surface area contributed by atoms with Crippen LogP contribution in [0.3, 0.4) is 0 Å². The van der Waals surface area contributed by atoms with E-state index in [0.29, 0.717) is 30.9 Å². The molecule has 3 aliphatic rings. The van der Waals surface area contributed by atoms with E-state index in [9.17, 15) is 19.2 Å². The number of ether oxygens (including phenoxy) is 2. The van der Waals surface area contributed by atoms with Gasteiger partial charge in [0.1, 0.15) is 36.5 Å². The molecule has 3 atom stereocenters. The number of aldehydes is 2. The van der Waals surface area contributed by atoms with Gasteiger partial charge in [-0.15, -0.1) is 0 Å². The van der Waals surface area contributed by atoms with Crippen LogP contribution in [0.2, 0.25) is 0 Å². The zero-order chi connectivity index (χ0) is 41.4. The number of piperazine rings is 1. The number of likely N-dealkylation sites (N-methyl/N-ethyl adjacent to an activating group) is 3. The quantitative estimate of drug-likeness (QED) is 0.172.